The van der Waals surface area contributed by atoms with Crippen LogP contribution in [0, 0.1) is 0 Å². The highest BCUT2D eigenvalue weighted by Gasteiger charge is 2.30. The van der Waals surface area contributed by atoms with E-state index in [9.17, 15) is 9.90 Å². The molecule has 2 heterocycles. The third kappa shape index (κ3) is 2.93. The van der Waals surface area contributed by atoms with E-state index in [0.29, 0.717) is 0 Å². The smallest absolute Gasteiger partial charge is 0.407 e. The molecule has 22 heavy (non-hydrogen) atoms. The summed E-state index contributed by atoms with van der Waals surface area (Å²) in [5, 5.41) is 14.2. The van der Waals surface area contributed by atoms with E-state index in [1.807, 2.05) is 38.5 Å². The van der Waals surface area contributed by atoms with Crippen molar-refractivity contribution in [2.45, 2.75) is 18.6 Å². The number of carbonyl (C=O) groups excluding carboxylic acids is 1. The van der Waals surface area contributed by atoms with Gasteiger partial charge in [-0.05, 0) is 43.8 Å². The Labute approximate surface area is 129 Å². The molecule has 6 nitrogen and oxygen atoms in total. The minimum atomic E-state index is -0.771. The SMILES string of the molecule is CN(C)CCc1c[nH]c2ccc([C@H](O)[C@H]3COC(=O)N3)cc12. The highest BCUT2D eigenvalue weighted by molar-refractivity contribution is 5.84. The lowest BCUT2D eigenvalue weighted by Crippen LogP contribution is -2.32. The van der Waals surface area contributed by atoms with Gasteiger partial charge in [0.1, 0.15) is 12.7 Å². The average Bonchev–Trinajstić information content (AvgIpc) is 3.10. The second kappa shape index (κ2) is 5.98. The predicted molar refractivity (Wildman–Crippen MR) is 83.8 cm³/mol. The van der Waals surface area contributed by atoms with Gasteiger partial charge in [0.2, 0.25) is 0 Å². The van der Waals surface area contributed by atoms with E-state index < -0.39 is 18.2 Å². The maximum Gasteiger partial charge on any atom is 0.407 e. The number of nitrogens with one attached hydrogen (secondary N) is 2. The number of aromatic nitrogens is 1. The summed E-state index contributed by atoms with van der Waals surface area (Å²) in [5.41, 5.74) is 3.06. The van der Waals surface area contributed by atoms with Crippen molar-refractivity contribution in [1.29, 1.82) is 0 Å². The van der Waals surface area contributed by atoms with Crippen LogP contribution >= 0.6 is 0 Å². The first-order chi connectivity index (χ1) is 10.5. The lowest BCUT2D eigenvalue weighted by Gasteiger charge is -2.16. The molecule has 3 N–H and O–H groups in total. The molecule has 2 atom stereocenters. The zero-order chi connectivity index (χ0) is 15.7. The standard InChI is InChI=1S/C16H21N3O3/c1-19(2)6-5-11-8-17-13-4-3-10(7-12(11)13)15(20)14-9-22-16(21)18-14/h3-4,7-8,14-15,17,20H,5-6,9H2,1-2H3,(H,18,21)/t14-,15+/m1/s1. The van der Waals surface area contributed by atoms with Crippen LogP contribution in [-0.2, 0) is 11.2 Å². The molecule has 1 saturated heterocycles. The number of aliphatic hydroxyl groups excluding tert-OH is 1. The maximum atomic E-state index is 11.1. The van der Waals surface area contributed by atoms with E-state index in [2.05, 4.69) is 15.2 Å². The molecule has 1 aromatic heterocycles. The predicted octanol–water partition coefficient (Wildman–Crippen LogP) is 1.41. The number of benzene rings is 1. The van der Waals surface area contributed by atoms with Gasteiger partial charge >= 0.3 is 6.09 Å². The monoisotopic (exact) mass is 303 g/mol. The van der Waals surface area contributed by atoms with Crippen molar-refractivity contribution in [2.24, 2.45) is 0 Å². The molecule has 3 rings (SSSR count). The quantitative estimate of drug-likeness (QED) is 0.780. The molecular formula is C16H21N3O3. The van der Waals surface area contributed by atoms with Gasteiger partial charge in [-0.3, -0.25) is 0 Å². The van der Waals surface area contributed by atoms with Crippen LogP contribution in [-0.4, -0.2) is 54.4 Å². The van der Waals surface area contributed by atoms with Crippen LogP contribution in [0.2, 0.25) is 0 Å². The summed E-state index contributed by atoms with van der Waals surface area (Å²) >= 11 is 0. The van der Waals surface area contributed by atoms with Crippen molar-refractivity contribution < 1.29 is 14.6 Å². The number of aromatic amines is 1. The Balaban J connectivity index is 1.84. The fourth-order valence-corrected chi connectivity index (χ4v) is 2.73. The summed E-state index contributed by atoms with van der Waals surface area (Å²) in [5.74, 6) is 0. The first kappa shape index (κ1) is 14.9. The van der Waals surface area contributed by atoms with Crippen molar-refractivity contribution >= 4 is 17.0 Å². The number of ether oxygens (including phenoxy) is 1. The summed E-state index contributed by atoms with van der Waals surface area (Å²) in [7, 11) is 4.10. The number of aliphatic hydroxyl groups is 1. The molecule has 0 bridgehead atoms. The van der Waals surface area contributed by atoms with Crippen molar-refractivity contribution in [1.82, 2.24) is 15.2 Å². The number of alkyl carbamates (subject to hydrolysis) is 1. The topological polar surface area (TPSA) is 77.6 Å². The molecule has 6 heteroatoms. The number of amides is 1. The fourth-order valence-electron chi connectivity index (χ4n) is 2.73. The zero-order valence-corrected chi connectivity index (χ0v) is 12.8. The Morgan fingerprint density at radius 1 is 1.45 bits per heavy atom. The van der Waals surface area contributed by atoms with Crippen molar-refractivity contribution in [3.63, 3.8) is 0 Å². The number of hydrogen-bond donors (Lipinski definition) is 3. The zero-order valence-electron chi connectivity index (χ0n) is 12.8. The van der Waals surface area contributed by atoms with Gasteiger partial charge < -0.3 is 25.0 Å². The van der Waals surface area contributed by atoms with Crippen molar-refractivity contribution in [3.8, 4) is 0 Å². The largest absolute Gasteiger partial charge is 0.447 e. The Bertz CT molecular complexity index is 680. The van der Waals surface area contributed by atoms with Gasteiger partial charge in [0.25, 0.3) is 0 Å². The van der Waals surface area contributed by atoms with Gasteiger partial charge in [-0.25, -0.2) is 4.79 Å². The van der Waals surface area contributed by atoms with E-state index in [0.717, 1.165) is 29.4 Å². The first-order valence-electron chi connectivity index (χ1n) is 7.40. The fraction of sp³-hybridized carbons (Fsp3) is 0.438. The molecule has 0 spiro atoms. The molecule has 2 aromatic rings. The summed E-state index contributed by atoms with van der Waals surface area (Å²) in [4.78, 5) is 16.5. The Hall–Kier alpha value is -2.05. The van der Waals surface area contributed by atoms with Gasteiger partial charge in [0, 0.05) is 23.6 Å². The third-order valence-electron chi connectivity index (χ3n) is 4.04. The number of rotatable bonds is 5. The molecule has 0 radical (unpaired) electrons. The van der Waals surface area contributed by atoms with E-state index >= 15 is 0 Å². The maximum absolute atomic E-state index is 11.1. The second-order valence-electron chi connectivity index (χ2n) is 5.97. The number of nitrogens with zero attached hydrogens (tertiary/aromatic N) is 1. The molecule has 0 saturated carbocycles. The van der Waals surface area contributed by atoms with E-state index in [4.69, 9.17) is 4.74 Å². The lowest BCUT2D eigenvalue weighted by molar-refractivity contribution is 0.125. The first-order valence-corrected chi connectivity index (χ1v) is 7.40. The van der Waals surface area contributed by atoms with Gasteiger partial charge in [-0.2, -0.15) is 0 Å². The number of likely N-dealkylation sites (N-methyl/N-ethyl adjacent to an activating group) is 1. The molecule has 118 valence electrons. The van der Waals surface area contributed by atoms with Crippen molar-refractivity contribution in [3.05, 3.63) is 35.5 Å². The molecule has 1 aliphatic heterocycles. The second-order valence-corrected chi connectivity index (χ2v) is 5.97. The Morgan fingerprint density at radius 3 is 2.95 bits per heavy atom. The number of cyclic esters (lactones) is 1. The van der Waals surface area contributed by atoms with Crippen LogP contribution in [0.4, 0.5) is 4.79 Å². The number of carbonyl (C=O) groups is 1. The number of H-pyrrole nitrogens is 1. The van der Waals surface area contributed by atoms with Crippen molar-refractivity contribution in [2.75, 3.05) is 27.2 Å². The molecule has 1 fully saturated rings. The van der Waals surface area contributed by atoms with E-state index in [1.165, 1.54) is 5.56 Å². The van der Waals surface area contributed by atoms with Crippen LogP contribution in [0.3, 0.4) is 0 Å². The summed E-state index contributed by atoms with van der Waals surface area (Å²) in [6.45, 7) is 1.16. The molecular weight excluding hydrogens is 282 g/mol. The van der Waals surface area contributed by atoms with Crippen LogP contribution < -0.4 is 5.32 Å². The van der Waals surface area contributed by atoms with Crippen LogP contribution in [0.15, 0.2) is 24.4 Å². The summed E-state index contributed by atoms with van der Waals surface area (Å²) in [6.07, 6.45) is 1.71. The average molecular weight is 303 g/mol. The molecule has 1 aliphatic rings. The number of fused-ring (bicyclic) bond motifs is 1. The Morgan fingerprint density at radius 2 is 2.27 bits per heavy atom. The Kier molecular flexibility index (Phi) is 4.04. The van der Waals surface area contributed by atoms with Gasteiger partial charge in [0.05, 0.1) is 6.04 Å². The van der Waals surface area contributed by atoms with Gasteiger partial charge in [-0.1, -0.05) is 6.07 Å². The minimum absolute atomic E-state index is 0.193. The van der Waals surface area contributed by atoms with Crippen LogP contribution in [0.1, 0.15) is 17.2 Å². The summed E-state index contributed by atoms with van der Waals surface area (Å²) in [6, 6.07) is 5.44. The van der Waals surface area contributed by atoms with E-state index in [-0.39, 0.29) is 6.61 Å². The van der Waals surface area contributed by atoms with Gasteiger partial charge in [-0.15, -0.1) is 0 Å². The third-order valence-corrected chi connectivity index (χ3v) is 4.04. The highest BCUT2D eigenvalue weighted by atomic mass is 16.6. The van der Waals surface area contributed by atoms with E-state index in [1.54, 1.807) is 0 Å². The molecule has 0 aliphatic carbocycles. The molecule has 1 aromatic carbocycles. The van der Waals surface area contributed by atoms with Crippen LogP contribution in [0.25, 0.3) is 10.9 Å². The minimum Gasteiger partial charge on any atom is -0.447 e. The van der Waals surface area contributed by atoms with Crippen LogP contribution in [0.5, 0.6) is 0 Å². The molecule has 0 unspecified atom stereocenters. The normalized spacial score (nSPS) is 19.5. The highest BCUT2D eigenvalue weighted by Crippen LogP contribution is 2.26. The van der Waals surface area contributed by atoms with Gasteiger partial charge in [0.15, 0.2) is 0 Å². The summed E-state index contributed by atoms with van der Waals surface area (Å²) < 4.78 is 4.85. The lowest BCUT2D eigenvalue weighted by atomic mass is 10.00. The molecule has 1 amide bonds. The number of hydrogen-bond acceptors (Lipinski definition) is 4.